The maximum absolute atomic E-state index is 12.9. The first-order chi connectivity index (χ1) is 10.7. The van der Waals surface area contributed by atoms with Crippen LogP contribution >= 0.6 is 0 Å². The highest BCUT2D eigenvalue weighted by Crippen LogP contribution is 2.15. The molecular formula is C17H15FN2O2. The summed E-state index contributed by atoms with van der Waals surface area (Å²) in [5, 5.41) is 11.6. The molecule has 22 heavy (non-hydrogen) atoms. The second-order valence-corrected chi connectivity index (χ2v) is 4.61. The van der Waals surface area contributed by atoms with Crippen molar-refractivity contribution in [3.63, 3.8) is 0 Å². The van der Waals surface area contributed by atoms with E-state index in [1.807, 2.05) is 6.07 Å². The van der Waals surface area contributed by atoms with Crippen LogP contribution in [0.1, 0.15) is 18.4 Å². The van der Waals surface area contributed by atoms with Crippen molar-refractivity contribution in [2.24, 2.45) is 0 Å². The summed E-state index contributed by atoms with van der Waals surface area (Å²) in [5.41, 5.74) is 0.924. The normalized spacial score (nSPS) is 9.82. The molecule has 0 saturated heterocycles. The Morgan fingerprint density at radius 1 is 1.23 bits per heavy atom. The zero-order valence-corrected chi connectivity index (χ0v) is 11.9. The molecule has 5 heteroatoms. The van der Waals surface area contributed by atoms with E-state index < -0.39 is 0 Å². The van der Waals surface area contributed by atoms with E-state index in [4.69, 9.17) is 10.00 Å². The van der Waals surface area contributed by atoms with Crippen molar-refractivity contribution in [2.45, 2.75) is 12.8 Å². The summed E-state index contributed by atoms with van der Waals surface area (Å²) in [7, 11) is 0. The van der Waals surface area contributed by atoms with Crippen molar-refractivity contribution in [1.82, 2.24) is 0 Å². The molecule has 0 aliphatic rings. The average molecular weight is 298 g/mol. The number of ether oxygens (including phenoxy) is 1. The monoisotopic (exact) mass is 298 g/mol. The van der Waals surface area contributed by atoms with Gasteiger partial charge in [-0.2, -0.15) is 5.26 Å². The number of anilines is 1. The van der Waals surface area contributed by atoms with Crippen molar-refractivity contribution in [2.75, 3.05) is 11.9 Å². The summed E-state index contributed by atoms with van der Waals surface area (Å²) in [6.07, 6.45) is 0.756. The number of carbonyl (C=O) groups excluding carboxylic acids is 1. The minimum absolute atomic E-state index is 0.189. The third-order valence-electron chi connectivity index (χ3n) is 2.93. The van der Waals surface area contributed by atoms with Crippen LogP contribution in [0.5, 0.6) is 5.75 Å². The Hall–Kier alpha value is -2.87. The molecule has 0 atom stereocenters. The van der Waals surface area contributed by atoms with E-state index >= 15 is 0 Å². The van der Waals surface area contributed by atoms with Crippen LogP contribution in [0.25, 0.3) is 0 Å². The van der Waals surface area contributed by atoms with E-state index in [9.17, 15) is 9.18 Å². The zero-order valence-electron chi connectivity index (χ0n) is 11.9. The minimum Gasteiger partial charge on any atom is -0.493 e. The molecule has 0 aliphatic carbocycles. The molecule has 0 aliphatic heterocycles. The van der Waals surface area contributed by atoms with E-state index in [0.717, 1.165) is 0 Å². The Morgan fingerprint density at radius 2 is 2.05 bits per heavy atom. The zero-order chi connectivity index (χ0) is 15.8. The van der Waals surface area contributed by atoms with E-state index in [-0.39, 0.29) is 18.1 Å². The van der Waals surface area contributed by atoms with Gasteiger partial charge in [-0.05, 0) is 30.7 Å². The van der Waals surface area contributed by atoms with Gasteiger partial charge in [0.05, 0.1) is 17.9 Å². The van der Waals surface area contributed by atoms with Crippen LogP contribution in [0, 0.1) is 17.1 Å². The molecule has 1 amide bonds. The molecule has 0 heterocycles. The predicted molar refractivity (Wildman–Crippen MR) is 80.9 cm³/mol. The maximum Gasteiger partial charge on any atom is 0.224 e. The molecule has 0 saturated carbocycles. The largest absolute Gasteiger partial charge is 0.493 e. The third kappa shape index (κ3) is 4.60. The number of hydrogen-bond donors (Lipinski definition) is 1. The van der Waals surface area contributed by atoms with Gasteiger partial charge >= 0.3 is 0 Å². The standard InChI is InChI=1S/C17H15FN2O2/c18-14-6-3-7-15(11-14)22-10-4-9-17(21)20-16-8-2-1-5-13(16)12-19/h1-3,5-8,11H,4,9-10H2,(H,20,21). The first-order valence-electron chi connectivity index (χ1n) is 6.86. The summed E-state index contributed by atoms with van der Waals surface area (Å²) >= 11 is 0. The van der Waals surface area contributed by atoms with Crippen molar-refractivity contribution in [1.29, 1.82) is 5.26 Å². The van der Waals surface area contributed by atoms with Gasteiger partial charge in [0.2, 0.25) is 5.91 Å². The van der Waals surface area contributed by atoms with E-state index in [2.05, 4.69) is 5.32 Å². The fraction of sp³-hybridized carbons (Fsp3) is 0.176. The van der Waals surface area contributed by atoms with Gasteiger partial charge in [-0.25, -0.2) is 4.39 Å². The number of rotatable bonds is 6. The lowest BCUT2D eigenvalue weighted by Crippen LogP contribution is -2.13. The Labute approximate surface area is 128 Å². The molecule has 0 aromatic heterocycles. The van der Waals surface area contributed by atoms with Crippen LogP contribution in [-0.2, 0) is 4.79 Å². The van der Waals surface area contributed by atoms with Crippen LogP contribution in [0.15, 0.2) is 48.5 Å². The SMILES string of the molecule is N#Cc1ccccc1NC(=O)CCCOc1cccc(F)c1. The van der Waals surface area contributed by atoms with Crippen LogP contribution in [0.4, 0.5) is 10.1 Å². The topological polar surface area (TPSA) is 62.1 Å². The lowest BCUT2D eigenvalue weighted by Gasteiger charge is -2.08. The molecule has 0 bridgehead atoms. The highest BCUT2D eigenvalue weighted by Gasteiger charge is 2.06. The van der Waals surface area contributed by atoms with Crippen LogP contribution in [0.3, 0.4) is 0 Å². The van der Waals surface area contributed by atoms with Gasteiger partial charge in [-0.15, -0.1) is 0 Å². The summed E-state index contributed by atoms with van der Waals surface area (Å²) in [6.45, 7) is 0.316. The van der Waals surface area contributed by atoms with E-state index in [0.29, 0.717) is 30.0 Å². The smallest absolute Gasteiger partial charge is 0.224 e. The fourth-order valence-electron chi connectivity index (χ4n) is 1.88. The number of hydrogen-bond acceptors (Lipinski definition) is 3. The van der Waals surface area contributed by atoms with Crippen molar-refractivity contribution in [3.05, 3.63) is 59.9 Å². The van der Waals surface area contributed by atoms with Gasteiger partial charge in [0, 0.05) is 12.5 Å². The predicted octanol–water partition coefficient (Wildman–Crippen LogP) is 3.50. The van der Waals surface area contributed by atoms with Gasteiger partial charge < -0.3 is 10.1 Å². The van der Waals surface area contributed by atoms with Crippen LogP contribution < -0.4 is 10.1 Å². The van der Waals surface area contributed by atoms with Gasteiger partial charge in [0.1, 0.15) is 17.6 Å². The van der Waals surface area contributed by atoms with Crippen molar-refractivity contribution in [3.8, 4) is 11.8 Å². The lowest BCUT2D eigenvalue weighted by atomic mass is 10.2. The number of para-hydroxylation sites is 1. The quantitative estimate of drug-likeness (QED) is 0.830. The highest BCUT2D eigenvalue weighted by atomic mass is 19.1. The van der Waals surface area contributed by atoms with Gasteiger partial charge in [0.15, 0.2) is 0 Å². The molecular weight excluding hydrogens is 283 g/mol. The summed E-state index contributed by atoms with van der Waals surface area (Å²) in [6, 6.07) is 14.7. The van der Waals surface area contributed by atoms with Crippen molar-refractivity contribution < 1.29 is 13.9 Å². The molecule has 112 valence electrons. The Morgan fingerprint density at radius 3 is 2.82 bits per heavy atom. The van der Waals surface area contributed by atoms with Gasteiger partial charge in [-0.3, -0.25) is 4.79 Å². The fourth-order valence-corrected chi connectivity index (χ4v) is 1.88. The number of nitrogens with zero attached hydrogens (tertiary/aromatic N) is 1. The number of benzene rings is 2. The molecule has 2 aromatic rings. The highest BCUT2D eigenvalue weighted by molar-refractivity contribution is 5.92. The van der Waals surface area contributed by atoms with Crippen molar-refractivity contribution >= 4 is 11.6 Å². The summed E-state index contributed by atoms with van der Waals surface area (Å²) in [4.78, 5) is 11.8. The van der Waals surface area contributed by atoms with E-state index in [1.165, 1.54) is 12.1 Å². The Balaban J connectivity index is 1.75. The van der Waals surface area contributed by atoms with Crippen LogP contribution in [-0.4, -0.2) is 12.5 Å². The summed E-state index contributed by atoms with van der Waals surface area (Å²) in [5.74, 6) is -0.107. The molecule has 0 fully saturated rings. The maximum atomic E-state index is 12.9. The molecule has 0 unspecified atom stereocenters. The number of nitriles is 1. The summed E-state index contributed by atoms with van der Waals surface area (Å²) < 4.78 is 18.3. The number of carbonyl (C=O) groups is 1. The van der Waals surface area contributed by atoms with Gasteiger partial charge in [0.25, 0.3) is 0 Å². The van der Waals surface area contributed by atoms with E-state index in [1.54, 1.807) is 36.4 Å². The number of halogens is 1. The van der Waals surface area contributed by atoms with Gasteiger partial charge in [-0.1, -0.05) is 18.2 Å². The number of amides is 1. The molecule has 0 spiro atoms. The minimum atomic E-state index is -0.358. The molecule has 1 N–H and O–H groups in total. The lowest BCUT2D eigenvalue weighted by molar-refractivity contribution is -0.116. The molecule has 0 radical (unpaired) electrons. The molecule has 2 aromatic carbocycles. The first-order valence-corrected chi connectivity index (χ1v) is 6.86. The second kappa shape index (κ2) is 7.79. The molecule has 4 nitrogen and oxygen atoms in total. The second-order valence-electron chi connectivity index (χ2n) is 4.61. The Bertz CT molecular complexity index is 695. The molecule has 2 rings (SSSR count). The third-order valence-corrected chi connectivity index (χ3v) is 2.93. The Kier molecular flexibility index (Phi) is 5.50. The average Bonchev–Trinajstić information content (AvgIpc) is 2.52. The van der Waals surface area contributed by atoms with Crippen LogP contribution in [0.2, 0.25) is 0 Å². The number of nitrogens with one attached hydrogen (secondary N) is 1. The first kappa shape index (κ1) is 15.5.